The third kappa shape index (κ3) is 5.10. The Labute approximate surface area is 355 Å². The van der Waals surface area contributed by atoms with Gasteiger partial charge in [0.15, 0.2) is 11.6 Å². The van der Waals surface area contributed by atoms with Crippen LogP contribution in [0.25, 0.3) is 93.0 Å². The summed E-state index contributed by atoms with van der Waals surface area (Å²) in [5.74, 6) is -1.66. The van der Waals surface area contributed by atoms with E-state index in [2.05, 4.69) is 0 Å². The average Bonchev–Trinajstić information content (AvgIpc) is 4.06. The van der Waals surface area contributed by atoms with Crippen molar-refractivity contribution in [1.82, 2.24) is 19.5 Å². The smallest absolute Gasteiger partial charge is 0.238 e. The predicted molar refractivity (Wildman–Crippen MR) is 236 cm³/mol. The number of nitrogens with zero attached hydrogens (tertiary/aromatic N) is 4. The van der Waals surface area contributed by atoms with Crippen molar-refractivity contribution in [2.45, 2.75) is 5.92 Å². The van der Waals surface area contributed by atoms with E-state index in [9.17, 15) is 8.22 Å². The molecule has 4 nitrogen and oxygen atoms in total. The van der Waals surface area contributed by atoms with Crippen molar-refractivity contribution in [2.75, 3.05) is 0 Å². The Kier molecular flexibility index (Phi) is 4.47. The van der Waals surface area contributed by atoms with E-state index in [1.165, 1.54) is 0 Å². The van der Waals surface area contributed by atoms with E-state index >= 15 is 0 Å². The molecule has 0 N–H and O–H groups in total. The lowest BCUT2D eigenvalue weighted by atomic mass is 9.87. The Balaban J connectivity index is 1.11. The van der Waals surface area contributed by atoms with Crippen molar-refractivity contribution in [3.05, 3.63) is 204 Å². The van der Waals surface area contributed by atoms with Gasteiger partial charge in [0.2, 0.25) is 5.95 Å². The topological polar surface area (TPSA) is 43.6 Å². The molecule has 0 radical (unpaired) electrons. The van der Waals surface area contributed by atoms with Crippen molar-refractivity contribution in [3.8, 4) is 51.0 Å². The van der Waals surface area contributed by atoms with Gasteiger partial charge < -0.3 is 0 Å². The van der Waals surface area contributed by atoms with E-state index in [4.69, 9.17) is 28.7 Å². The van der Waals surface area contributed by atoms with Crippen LogP contribution in [0.1, 0.15) is 44.5 Å². The maximum atomic E-state index is 9.73. The molecule has 0 spiro atoms. The fourth-order valence-electron chi connectivity index (χ4n) is 7.79. The summed E-state index contributed by atoms with van der Waals surface area (Å²) in [6, 6.07) is 17.6. The van der Waals surface area contributed by atoms with Crippen LogP contribution in [0, 0.1) is 0 Å². The molecular weight excluding hydrogens is 713 g/mol. The Morgan fingerprint density at radius 3 is 1.79 bits per heavy atom. The zero-order chi connectivity index (χ0) is 51.4. The molecule has 0 unspecified atom stereocenters. The number of para-hydroxylation sites is 2. The predicted octanol–water partition coefficient (Wildman–Crippen LogP) is 13.5. The molecule has 0 amide bonds. The Morgan fingerprint density at radius 2 is 1.07 bits per heavy atom. The number of thiophene rings is 1. The molecule has 8 aromatic carbocycles. The summed E-state index contributed by atoms with van der Waals surface area (Å²) in [6.07, 6.45) is 0. The molecule has 1 aliphatic carbocycles. The van der Waals surface area contributed by atoms with Gasteiger partial charge in [-0.3, -0.25) is 4.57 Å². The van der Waals surface area contributed by atoms with E-state index in [0.29, 0.717) is 5.56 Å². The Hall–Kier alpha value is -7.21. The van der Waals surface area contributed by atoms with Gasteiger partial charge in [0, 0.05) is 48.0 Å². The first kappa shape index (κ1) is 20.1. The minimum absolute atomic E-state index is 0.109. The molecule has 3 aromatic heterocycles. The van der Waals surface area contributed by atoms with Gasteiger partial charge in [-0.25, -0.2) is 4.98 Å². The SMILES string of the molecule is [2H]c1c([2H])c([2H])c2c(c1[2H])-c1c([2H])c([2H])c([2H])c([2H])c1C2c1c([2H])c([2H])c([2H])c(-c2c([2H])c([2H])c(-c3nc(-c4ccc5sc6ccccc6c5c4)nc(-n4c5ccccc5c5ccccc54)n3)c([2H])c2[2H])c1[2H]. The first-order chi connectivity index (χ1) is 34.9. The lowest BCUT2D eigenvalue weighted by molar-refractivity contribution is 0.954. The average molecular weight is 761 g/mol. The Morgan fingerprint density at radius 1 is 0.474 bits per heavy atom. The monoisotopic (exact) mass is 760 g/mol. The molecule has 0 saturated heterocycles. The fraction of sp³-hybridized carbons (Fsp3) is 0.0192. The van der Waals surface area contributed by atoms with Crippen LogP contribution in [0.5, 0.6) is 0 Å². The van der Waals surface area contributed by atoms with E-state index < -0.39 is 119 Å². The normalized spacial score (nSPS) is 16.4. The zero-order valence-electron chi connectivity index (χ0n) is 45.4. The molecule has 0 saturated carbocycles. The van der Waals surface area contributed by atoms with Crippen LogP contribution in [0.15, 0.2) is 188 Å². The summed E-state index contributed by atoms with van der Waals surface area (Å²) in [5.41, 5.74) is -1.15. The molecule has 1 aliphatic rings. The minimum Gasteiger partial charge on any atom is -0.278 e. The molecule has 11 aromatic rings. The second-order valence-corrected chi connectivity index (χ2v) is 14.6. The van der Waals surface area contributed by atoms with Gasteiger partial charge >= 0.3 is 0 Å². The van der Waals surface area contributed by atoms with Gasteiger partial charge in [-0.1, -0.05) is 151 Å². The third-order valence-corrected chi connectivity index (χ3v) is 11.5. The summed E-state index contributed by atoms with van der Waals surface area (Å²) in [5, 5.41) is 3.76. The van der Waals surface area contributed by atoms with Gasteiger partial charge in [-0.05, 0) is 75.3 Å². The van der Waals surface area contributed by atoms with Gasteiger partial charge in [0.25, 0.3) is 0 Å². The highest BCUT2D eigenvalue weighted by Gasteiger charge is 2.29. The lowest BCUT2D eigenvalue weighted by Crippen LogP contribution is -2.06. The van der Waals surface area contributed by atoms with Crippen molar-refractivity contribution < 1.29 is 21.9 Å². The van der Waals surface area contributed by atoms with Gasteiger partial charge in [0.1, 0.15) is 0 Å². The summed E-state index contributed by atoms with van der Waals surface area (Å²) >= 11 is 1.63. The van der Waals surface area contributed by atoms with Crippen LogP contribution in [0.2, 0.25) is 0 Å². The summed E-state index contributed by atoms with van der Waals surface area (Å²) in [6.45, 7) is 0. The number of benzene rings is 8. The van der Waals surface area contributed by atoms with Crippen molar-refractivity contribution >= 4 is 53.3 Å². The molecule has 3 heterocycles. The van der Waals surface area contributed by atoms with E-state index in [0.717, 1.165) is 42.0 Å². The first-order valence-corrected chi connectivity index (χ1v) is 18.8. The highest BCUT2D eigenvalue weighted by molar-refractivity contribution is 7.25. The van der Waals surface area contributed by atoms with E-state index in [-0.39, 0.29) is 45.4 Å². The van der Waals surface area contributed by atoms with Gasteiger partial charge in [-0.2, -0.15) is 9.97 Å². The molecular formula is C52H32N4S. The van der Waals surface area contributed by atoms with E-state index in [1.807, 2.05) is 95.6 Å². The maximum Gasteiger partial charge on any atom is 0.238 e. The van der Waals surface area contributed by atoms with Crippen LogP contribution >= 0.6 is 11.3 Å². The molecule has 0 atom stereocenters. The van der Waals surface area contributed by atoms with Gasteiger partial charge in [-0.15, -0.1) is 11.3 Å². The quantitative estimate of drug-likeness (QED) is 0.175. The number of rotatable bonds is 5. The third-order valence-electron chi connectivity index (χ3n) is 10.3. The van der Waals surface area contributed by atoms with Crippen LogP contribution in [0.4, 0.5) is 0 Å². The molecule has 0 bridgehead atoms. The molecule has 266 valence electrons. The van der Waals surface area contributed by atoms with Crippen LogP contribution in [-0.2, 0) is 0 Å². The highest BCUT2D eigenvalue weighted by Crippen LogP contribution is 2.48. The number of hydrogen-bond donors (Lipinski definition) is 0. The molecule has 0 aliphatic heterocycles. The van der Waals surface area contributed by atoms with Crippen LogP contribution < -0.4 is 0 Å². The zero-order valence-corrected chi connectivity index (χ0v) is 30.3. The number of aromatic nitrogens is 4. The van der Waals surface area contributed by atoms with E-state index in [1.54, 1.807) is 11.3 Å². The molecule has 0 fully saturated rings. The highest BCUT2D eigenvalue weighted by atomic mass is 32.1. The first-order valence-electron chi connectivity index (χ1n) is 26.0. The maximum absolute atomic E-state index is 9.73. The largest absolute Gasteiger partial charge is 0.278 e. The van der Waals surface area contributed by atoms with Gasteiger partial charge in [0.05, 0.1) is 33.0 Å². The van der Waals surface area contributed by atoms with Crippen LogP contribution in [0.3, 0.4) is 0 Å². The van der Waals surface area contributed by atoms with Crippen molar-refractivity contribution in [3.63, 3.8) is 0 Å². The van der Waals surface area contributed by atoms with Crippen LogP contribution in [-0.4, -0.2) is 19.5 Å². The van der Waals surface area contributed by atoms with Crippen molar-refractivity contribution in [2.24, 2.45) is 0 Å². The lowest BCUT2D eigenvalue weighted by Gasteiger charge is -2.16. The minimum atomic E-state index is -1.70. The molecule has 57 heavy (non-hydrogen) atoms. The Bertz CT molecular complexity index is 4170. The summed E-state index contributed by atoms with van der Waals surface area (Å²) in [7, 11) is 0. The summed E-state index contributed by atoms with van der Waals surface area (Å²) in [4.78, 5) is 14.8. The number of hydrogen-bond acceptors (Lipinski definition) is 4. The number of fused-ring (bicyclic) bond motifs is 9. The summed E-state index contributed by atoms with van der Waals surface area (Å²) < 4.78 is 149. The fourth-order valence-corrected chi connectivity index (χ4v) is 8.88. The standard InChI is InChI=1S/C52H32N4S/c1-3-19-42-37(14-1)38-15-2-4-20-43(38)49(42)35-13-11-12-34(30-35)32-24-26-33(27-25-32)50-53-51(36-28-29-48-44(31-36)41-18-7-10-23-47(41)57-48)55-52(54-50)56-45-21-8-5-16-39(45)40-17-6-9-22-46(40)56/h1-31,49H/i1D,2D,3D,4D,11D,12D,13D,14D,15D,19D,20D,24D,25D,26D,27D,30D. The van der Waals surface area contributed by atoms with Crippen molar-refractivity contribution in [1.29, 1.82) is 0 Å². The molecule has 12 rings (SSSR count). The second kappa shape index (κ2) is 12.7. The molecule has 5 heteroatoms. The second-order valence-electron chi connectivity index (χ2n) is 13.5.